The number of nitrogens with zero attached hydrogens (tertiary/aromatic N) is 1. The largest absolute Gasteiger partial charge is 0.472 e. The molecule has 2 atom stereocenters. The summed E-state index contributed by atoms with van der Waals surface area (Å²) in [6.07, 6.45) is 38.5. The molecule has 0 spiro atoms. The van der Waals surface area contributed by atoms with E-state index in [4.69, 9.17) is 18.5 Å². The van der Waals surface area contributed by atoms with E-state index in [1.54, 1.807) is 0 Å². The Labute approximate surface area is 311 Å². The molecule has 0 aliphatic carbocycles. The zero-order valence-electron chi connectivity index (χ0n) is 32.8. The molecular formula is C41H73NO8P+. The molecule has 0 radical (unpaired) electrons. The van der Waals surface area contributed by atoms with Crippen LogP contribution in [0.3, 0.4) is 0 Å². The molecule has 0 aromatic heterocycles. The van der Waals surface area contributed by atoms with Crippen molar-refractivity contribution in [2.24, 2.45) is 0 Å². The molecule has 9 nitrogen and oxygen atoms in total. The van der Waals surface area contributed by atoms with Crippen molar-refractivity contribution in [2.75, 3.05) is 47.5 Å². The fourth-order valence-corrected chi connectivity index (χ4v) is 5.49. The van der Waals surface area contributed by atoms with E-state index in [0.29, 0.717) is 17.4 Å². The zero-order chi connectivity index (χ0) is 37.9. The standard InChI is InChI=1S/C41H72NO8P/c1-6-8-10-12-14-16-17-18-19-20-21-22-23-24-25-26-28-30-32-34-41(44)50-39(38-49-51(45,46)48-36-35-42(3,4)5)37-47-40(43)33-31-29-27-15-13-11-9-7-2/h8,10,14,16,18-19,21-22,24-25,39H,6-7,9,11-13,15,17,20,23,26-38H2,1-5H3/p+1/b10-8-,16-14-,19-18-,22-21-,25-24-. The number of likely N-dealkylation sites (N-methyl/N-ethyl adjacent to an activating group) is 1. The number of rotatable bonds is 34. The lowest BCUT2D eigenvalue weighted by atomic mass is 10.1. The molecule has 0 rings (SSSR count). The average molecular weight is 739 g/mol. The molecule has 0 saturated carbocycles. The molecule has 0 aliphatic rings. The van der Waals surface area contributed by atoms with Crippen molar-refractivity contribution in [3.63, 3.8) is 0 Å². The van der Waals surface area contributed by atoms with E-state index < -0.39 is 26.5 Å². The van der Waals surface area contributed by atoms with Gasteiger partial charge < -0.3 is 18.9 Å². The first-order chi connectivity index (χ1) is 24.5. The fraction of sp³-hybridized carbons (Fsp3) is 0.707. The molecule has 1 N–H and O–H groups in total. The maximum absolute atomic E-state index is 12.6. The third-order valence-electron chi connectivity index (χ3n) is 7.81. The number of hydrogen-bond donors (Lipinski definition) is 1. The van der Waals surface area contributed by atoms with Crippen molar-refractivity contribution in [3.8, 4) is 0 Å². The van der Waals surface area contributed by atoms with Crippen LogP contribution in [-0.4, -0.2) is 74.9 Å². The topological polar surface area (TPSA) is 108 Å². The first-order valence-electron chi connectivity index (χ1n) is 19.5. The monoisotopic (exact) mass is 739 g/mol. The highest BCUT2D eigenvalue weighted by Gasteiger charge is 2.27. The van der Waals surface area contributed by atoms with Gasteiger partial charge in [-0.2, -0.15) is 0 Å². The number of quaternary nitrogens is 1. The number of ether oxygens (including phenoxy) is 2. The molecule has 0 aliphatic heterocycles. The molecule has 0 heterocycles. The Bertz CT molecular complexity index is 1060. The predicted octanol–water partition coefficient (Wildman–Crippen LogP) is 10.5. The molecule has 0 aromatic carbocycles. The van der Waals surface area contributed by atoms with Crippen LogP contribution in [0.5, 0.6) is 0 Å². The maximum atomic E-state index is 12.6. The number of hydrogen-bond acceptors (Lipinski definition) is 7. The lowest BCUT2D eigenvalue weighted by molar-refractivity contribution is -0.870. The van der Waals surface area contributed by atoms with Gasteiger partial charge in [-0.15, -0.1) is 0 Å². The maximum Gasteiger partial charge on any atom is 0.472 e. The normalized spacial score (nSPS) is 14.4. The van der Waals surface area contributed by atoms with Crippen LogP contribution in [0, 0.1) is 0 Å². The Kier molecular flexibility index (Phi) is 32.0. The molecule has 51 heavy (non-hydrogen) atoms. The number of unbranched alkanes of at least 4 members (excludes halogenated alkanes) is 10. The van der Waals surface area contributed by atoms with Crippen LogP contribution >= 0.6 is 7.82 Å². The van der Waals surface area contributed by atoms with Gasteiger partial charge in [0, 0.05) is 12.8 Å². The summed E-state index contributed by atoms with van der Waals surface area (Å²) < 4.78 is 34.1. The van der Waals surface area contributed by atoms with Crippen LogP contribution in [-0.2, 0) is 32.7 Å². The second-order valence-corrected chi connectivity index (χ2v) is 15.4. The van der Waals surface area contributed by atoms with Gasteiger partial charge in [0.05, 0.1) is 27.7 Å². The van der Waals surface area contributed by atoms with Crippen LogP contribution in [0.4, 0.5) is 0 Å². The molecule has 2 unspecified atom stereocenters. The van der Waals surface area contributed by atoms with Gasteiger partial charge in [0.15, 0.2) is 6.10 Å². The Morgan fingerprint density at radius 1 is 0.627 bits per heavy atom. The number of carbonyl (C=O) groups excluding carboxylic acids is 2. The quantitative estimate of drug-likeness (QED) is 0.0229. The average Bonchev–Trinajstić information content (AvgIpc) is 3.07. The van der Waals surface area contributed by atoms with E-state index >= 15 is 0 Å². The van der Waals surface area contributed by atoms with Crippen LogP contribution in [0.1, 0.15) is 136 Å². The summed E-state index contributed by atoms with van der Waals surface area (Å²) in [6, 6.07) is 0. The second-order valence-electron chi connectivity index (χ2n) is 13.9. The number of esters is 2. The SMILES string of the molecule is CC/C=C\C/C=C\C/C=C\C/C=C\C/C=C\CCCCCC(=O)OC(COC(=O)CCCCCCCCCC)COP(=O)(O)OCC[N+](C)(C)C. The summed E-state index contributed by atoms with van der Waals surface area (Å²) in [5, 5.41) is 0. The van der Waals surface area contributed by atoms with Crippen molar-refractivity contribution in [1.29, 1.82) is 0 Å². The zero-order valence-corrected chi connectivity index (χ0v) is 33.7. The van der Waals surface area contributed by atoms with Crippen molar-refractivity contribution < 1.29 is 42.1 Å². The van der Waals surface area contributed by atoms with Gasteiger partial charge in [-0.3, -0.25) is 18.6 Å². The number of phosphoric acid groups is 1. The minimum absolute atomic E-state index is 0.0228. The van der Waals surface area contributed by atoms with Gasteiger partial charge in [-0.1, -0.05) is 126 Å². The van der Waals surface area contributed by atoms with Crippen molar-refractivity contribution in [3.05, 3.63) is 60.8 Å². The summed E-state index contributed by atoms with van der Waals surface area (Å²) in [6.45, 7) is 4.20. The van der Waals surface area contributed by atoms with Crippen LogP contribution in [0.25, 0.3) is 0 Å². The minimum Gasteiger partial charge on any atom is -0.462 e. The van der Waals surface area contributed by atoms with Gasteiger partial charge in [0.1, 0.15) is 19.8 Å². The van der Waals surface area contributed by atoms with Gasteiger partial charge in [0.2, 0.25) is 0 Å². The Morgan fingerprint density at radius 2 is 1.12 bits per heavy atom. The minimum atomic E-state index is -4.38. The Balaban J connectivity index is 4.46. The first kappa shape index (κ1) is 48.7. The third-order valence-corrected chi connectivity index (χ3v) is 8.80. The molecular weight excluding hydrogens is 665 g/mol. The van der Waals surface area contributed by atoms with E-state index in [0.717, 1.165) is 70.6 Å². The highest BCUT2D eigenvalue weighted by Crippen LogP contribution is 2.43. The summed E-state index contributed by atoms with van der Waals surface area (Å²) in [5.41, 5.74) is 0. The first-order valence-corrected chi connectivity index (χ1v) is 21.0. The van der Waals surface area contributed by atoms with Gasteiger partial charge in [-0.05, 0) is 57.8 Å². The van der Waals surface area contributed by atoms with Gasteiger partial charge >= 0.3 is 19.8 Å². The lowest BCUT2D eigenvalue weighted by Crippen LogP contribution is -2.37. The highest BCUT2D eigenvalue weighted by molar-refractivity contribution is 7.47. The molecule has 294 valence electrons. The Morgan fingerprint density at radius 3 is 1.67 bits per heavy atom. The van der Waals surface area contributed by atoms with Crippen LogP contribution < -0.4 is 0 Å². The third kappa shape index (κ3) is 37.3. The number of phosphoric ester groups is 1. The molecule has 0 fully saturated rings. The van der Waals surface area contributed by atoms with Gasteiger partial charge in [0.25, 0.3) is 0 Å². The molecule has 0 bridgehead atoms. The summed E-state index contributed by atoms with van der Waals surface area (Å²) in [4.78, 5) is 35.1. The lowest BCUT2D eigenvalue weighted by Gasteiger charge is -2.24. The van der Waals surface area contributed by atoms with E-state index in [9.17, 15) is 19.0 Å². The van der Waals surface area contributed by atoms with Crippen LogP contribution in [0.2, 0.25) is 0 Å². The fourth-order valence-electron chi connectivity index (χ4n) is 4.74. The molecule has 0 saturated heterocycles. The molecule has 0 amide bonds. The van der Waals surface area contributed by atoms with Crippen molar-refractivity contribution >= 4 is 19.8 Å². The summed E-state index contributed by atoms with van der Waals surface area (Å²) >= 11 is 0. The predicted molar refractivity (Wildman–Crippen MR) is 210 cm³/mol. The number of allylic oxidation sites excluding steroid dienone is 10. The second kappa shape index (κ2) is 33.5. The van der Waals surface area contributed by atoms with E-state index in [1.807, 2.05) is 21.1 Å². The number of carbonyl (C=O) groups is 2. The van der Waals surface area contributed by atoms with Crippen molar-refractivity contribution in [1.82, 2.24) is 0 Å². The van der Waals surface area contributed by atoms with Crippen LogP contribution in [0.15, 0.2) is 60.8 Å². The van der Waals surface area contributed by atoms with E-state index in [2.05, 4.69) is 74.6 Å². The molecule has 10 heteroatoms. The van der Waals surface area contributed by atoms with Crippen molar-refractivity contribution in [2.45, 2.75) is 142 Å². The van der Waals surface area contributed by atoms with Gasteiger partial charge in [-0.25, -0.2) is 4.57 Å². The summed E-state index contributed by atoms with van der Waals surface area (Å²) in [7, 11) is 1.44. The summed E-state index contributed by atoms with van der Waals surface area (Å²) in [5.74, 6) is -0.847. The highest BCUT2D eigenvalue weighted by atomic mass is 31.2. The van der Waals surface area contributed by atoms with E-state index in [1.165, 1.54) is 32.1 Å². The smallest absolute Gasteiger partial charge is 0.462 e. The molecule has 0 aromatic rings. The van der Waals surface area contributed by atoms with E-state index in [-0.39, 0.29) is 32.0 Å². The Hall–Kier alpha value is -2.29.